The molecular formula is C27H30FN5O2S. The maximum Gasteiger partial charge on any atom is 0.166 e. The van der Waals surface area contributed by atoms with Crippen molar-refractivity contribution in [2.75, 3.05) is 19.6 Å². The number of ketones is 1. The summed E-state index contributed by atoms with van der Waals surface area (Å²) < 4.78 is 23.5. The van der Waals surface area contributed by atoms with Gasteiger partial charge in [0, 0.05) is 31.6 Å². The first-order valence-corrected chi connectivity index (χ1v) is 13.3. The number of Topliss-reactive ketones (excluding diaryl/α,β-unsaturated/α-hetero) is 1. The minimum atomic E-state index is -0.482. The smallest absolute Gasteiger partial charge is 0.166 e. The van der Waals surface area contributed by atoms with Crippen LogP contribution in [-0.4, -0.2) is 50.3 Å². The number of pyridine rings is 1. The molecule has 1 aromatic carbocycles. The number of ether oxygens (including phenoxy) is 1. The standard InChI is InChI=1S/C27H30FN5O2S/c1-3-32(4-2)11-12-33-17-23(30-31-33)26-16-22-27(36-26)25(9-10-29-22)35-24-8-7-19(15-21(24)28)14-20(34)13-18-5-6-18/h7-10,15-18H,3-6,11-14H2,1-2H3. The number of carbonyl (C=O) groups excluding carboxylic acids is 1. The second-order valence-electron chi connectivity index (χ2n) is 9.26. The second kappa shape index (κ2) is 10.8. The molecule has 0 saturated heterocycles. The number of likely N-dealkylation sites (N-methyl/N-ethyl adjacent to an activating group) is 1. The minimum absolute atomic E-state index is 0.123. The molecule has 3 aromatic heterocycles. The lowest BCUT2D eigenvalue weighted by molar-refractivity contribution is -0.118. The van der Waals surface area contributed by atoms with Gasteiger partial charge in [-0.05, 0) is 55.6 Å². The molecule has 7 nitrogen and oxygen atoms in total. The van der Waals surface area contributed by atoms with E-state index in [4.69, 9.17) is 4.74 Å². The summed E-state index contributed by atoms with van der Waals surface area (Å²) in [6, 6.07) is 8.44. The molecule has 0 spiro atoms. The van der Waals surface area contributed by atoms with Gasteiger partial charge in [0.15, 0.2) is 11.6 Å². The fourth-order valence-corrected chi connectivity index (χ4v) is 5.24. The van der Waals surface area contributed by atoms with Gasteiger partial charge in [-0.15, -0.1) is 16.4 Å². The predicted molar refractivity (Wildman–Crippen MR) is 139 cm³/mol. The minimum Gasteiger partial charge on any atom is -0.453 e. The van der Waals surface area contributed by atoms with Crippen molar-refractivity contribution in [3.05, 3.63) is 54.1 Å². The van der Waals surface area contributed by atoms with Gasteiger partial charge in [0.05, 0.1) is 27.8 Å². The van der Waals surface area contributed by atoms with E-state index in [2.05, 4.69) is 34.0 Å². The molecule has 36 heavy (non-hydrogen) atoms. The molecule has 4 aromatic rings. The number of hydrogen-bond donors (Lipinski definition) is 0. The van der Waals surface area contributed by atoms with Crippen LogP contribution in [0, 0.1) is 11.7 Å². The Kier molecular flexibility index (Phi) is 7.38. The Hall–Kier alpha value is -3.17. The number of halogens is 1. The summed E-state index contributed by atoms with van der Waals surface area (Å²) in [5.74, 6) is 0.869. The van der Waals surface area contributed by atoms with E-state index in [1.54, 1.807) is 24.4 Å². The van der Waals surface area contributed by atoms with Crippen LogP contribution in [0.2, 0.25) is 0 Å². The van der Waals surface area contributed by atoms with Gasteiger partial charge < -0.3 is 9.64 Å². The van der Waals surface area contributed by atoms with E-state index < -0.39 is 5.82 Å². The first-order valence-electron chi connectivity index (χ1n) is 12.5. The Bertz CT molecular complexity index is 1360. The average molecular weight is 508 g/mol. The first-order chi connectivity index (χ1) is 17.5. The molecule has 1 aliphatic rings. The zero-order chi connectivity index (χ0) is 25.1. The number of aromatic nitrogens is 4. The van der Waals surface area contributed by atoms with Gasteiger partial charge in [-0.3, -0.25) is 14.5 Å². The molecule has 0 N–H and O–H groups in total. The highest BCUT2D eigenvalue weighted by Gasteiger charge is 2.24. The number of thiophene rings is 1. The zero-order valence-corrected chi connectivity index (χ0v) is 21.4. The van der Waals surface area contributed by atoms with Crippen molar-refractivity contribution in [2.24, 2.45) is 5.92 Å². The van der Waals surface area contributed by atoms with Crippen LogP contribution in [0.25, 0.3) is 20.8 Å². The van der Waals surface area contributed by atoms with E-state index in [0.29, 0.717) is 23.7 Å². The first kappa shape index (κ1) is 24.5. The molecule has 0 unspecified atom stereocenters. The molecule has 0 atom stereocenters. The Morgan fingerprint density at radius 3 is 2.78 bits per heavy atom. The van der Waals surface area contributed by atoms with Crippen molar-refractivity contribution in [1.82, 2.24) is 24.9 Å². The number of fused-ring (bicyclic) bond motifs is 1. The maximum absolute atomic E-state index is 14.8. The summed E-state index contributed by atoms with van der Waals surface area (Å²) in [5, 5.41) is 8.62. The van der Waals surface area contributed by atoms with Crippen molar-refractivity contribution in [2.45, 2.75) is 46.1 Å². The molecule has 1 saturated carbocycles. The quantitative estimate of drug-likeness (QED) is 0.243. The summed E-state index contributed by atoms with van der Waals surface area (Å²) in [4.78, 5) is 19.9. The molecule has 188 valence electrons. The topological polar surface area (TPSA) is 73.1 Å². The predicted octanol–water partition coefficient (Wildman–Crippen LogP) is 5.74. The highest BCUT2D eigenvalue weighted by atomic mass is 32.1. The lowest BCUT2D eigenvalue weighted by atomic mass is 10.0. The third-order valence-corrected chi connectivity index (χ3v) is 7.70. The van der Waals surface area contributed by atoms with Crippen molar-refractivity contribution in [1.29, 1.82) is 0 Å². The molecule has 5 rings (SSSR count). The van der Waals surface area contributed by atoms with Crippen LogP contribution in [0.5, 0.6) is 11.5 Å². The molecule has 0 radical (unpaired) electrons. The Balaban J connectivity index is 1.30. The summed E-state index contributed by atoms with van der Waals surface area (Å²) in [6.45, 7) is 8.00. The number of rotatable bonds is 12. The lowest BCUT2D eigenvalue weighted by Gasteiger charge is -2.17. The van der Waals surface area contributed by atoms with E-state index in [9.17, 15) is 9.18 Å². The van der Waals surface area contributed by atoms with Crippen molar-refractivity contribution in [3.8, 4) is 22.1 Å². The Morgan fingerprint density at radius 2 is 2.03 bits per heavy atom. The second-order valence-corrected chi connectivity index (χ2v) is 10.3. The molecule has 3 heterocycles. The molecule has 0 aliphatic heterocycles. The number of carbonyl (C=O) groups is 1. The van der Waals surface area contributed by atoms with Crippen LogP contribution in [0.1, 0.15) is 38.7 Å². The fraction of sp³-hybridized carbons (Fsp3) is 0.407. The van der Waals surface area contributed by atoms with Gasteiger partial charge in [-0.25, -0.2) is 4.39 Å². The monoisotopic (exact) mass is 507 g/mol. The van der Waals surface area contributed by atoms with Crippen LogP contribution in [0.15, 0.2) is 42.7 Å². The molecule has 0 bridgehead atoms. The average Bonchev–Trinajstić information content (AvgIpc) is 3.37. The summed E-state index contributed by atoms with van der Waals surface area (Å²) in [6.07, 6.45) is 6.71. The lowest BCUT2D eigenvalue weighted by Crippen LogP contribution is -2.27. The zero-order valence-electron chi connectivity index (χ0n) is 20.6. The third kappa shape index (κ3) is 5.79. The molecule has 0 amide bonds. The van der Waals surface area contributed by atoms with Gasteiger partial charge in [-0.1, -0.05) is 25.1 Å². The molecule has 9 heteroatoms. The van der Waals surface area contributed by atoms with Gasteiger partial charge in [0.1, 0.15) is 17.2 Å². The Labute approximate surface area is 213 Å². The number of benzene rings is 1. The van der Waals surface area contributed by atoms with Gasteiger partial charge in [0.25, 0.3) is 0 Å². The number of hydrogen-bond acceptors (Lipinski definition) is 7. The van der Waals surface area contributed by atoms with Crippen LogP contribution in [0.3, 0.4) is 0 Å². The van der Waals surface area contributed by atoms with E-state index in [0.717, 1.165) is 59.8 Å². The normalized spacial score (nSPS) is 13.6. The summed E-state index contributed by atoms with van der Waals surface area (Å²) in [5.41, 5.74) is 2.20. The molecular weight excluding hydrogens is 477 g/mol. The van der Waals surface area contributed by atoms with Crippen LogP contribution >= 0.6 is 11.3 Å². The summed E-state index contributed by atoms with van der Waals surface area (Å²) >= 11 is 1.49. The largest absolute Gasteiger partial charge is 0.453 e. The Morgan fingerprint density at radius 1 is 1.19 bits per heavy atom. The molecule has 1 fully saturated rings. The van der Waals surface area contributed by atoms with E-state index in [1.165, 1.54) is 17.4 Å². The van der Waals surface area contributed by atoms with Gasteiger partial charge in [-0.2, -0.15) is 0 Å². The number of nitrogens with zero attached hydrogens (tertiary/aromatic N) is 5. The van der Waals surface area contributed by atoms with E-state index in [-0.39, 0.29) is 18.0 Å². The highest BCUT2D eigenvalue weighted by Crippen LogP contribution is 2.39. The van der Waals surface area contributed by atoms with Crippen LogP contribution in [-0.2, 0) is 17.8 Å². The van der Waals surface area contributed by atoms with Crippen LogP contribution in [0.4, 0.5) is 4.39 Å². The SMILES string of the molecule is CCN(CC)CCn1cc(-c2cc3nccc(Oc4ccc(CC(=O)CC5CC5)cc4F)c3s2)nn1. The third-order valence-electron chi connectivity index (χ3n) is 6.54. The fourth-order valence-electron chi connectivity index (χ4n) is 4.23. The van der Waals surface area contributed by atoms with Gasteiger partial charge in [0.2, 0.25) is 0 Å². The van der Waals surface area contributed by atoms with Crippen molar-refractivity contribution >= 4 is 27.3 Å². The van der Waals surface area contributed by atoms with Crippen molar-refractivity contribution in [3.63, 3.8) is 0 Å². The van der Waals surface area contributed by atoms with Gasteiger partial charge >= 0.3 is 0 Å². The van der Waals surface area contributed by atoms with E-state index in [1.807, 2.05) is 16.9 Å². The molecule has 1 aliphatic carbocycles. The highest BCUT2D eigenvalue weighted by molar-refractivity contribution is 7.22. The summed E-state index contributed by atoms with van der Waals surface area (Å²) in [7, 11) is 0. The van der Waals surface area contributed by atoms with Crippen molar-refractivity contribution < 1.29 is 13.9 Å². The van der Waals surface area contributed by atoms with Crippen LogP contribution < -0.4 is 4.74 Å². The maximum atomic E-state index is 14.8. The van der Waals surface area contributed by atoms with E-state index >= 15 is 0 Å².